The highest BCUT2D eigenvalue weighted by molar-refractivity contribution is 6.46. The number of carbonyl (C=O) groups excluding carboxylic acids is 2. The first-order valence-corrected chi connectivity index (χ1v) is 11.4. The van der Waals surface area contributed by atoms with Crippen LogP contribution in [0.4, 0.5) is 0 Å². The van der Waals surface area contributed by atoms with E-state index in [1.54, 1.807) is 48.4 Å². The number of methoxy groups -OCH3 is 1. The van der Waals surface area contributed by atoms with Crippen molar-refractivity contribution < 1.29 is 24.2 Å². The van der Waals surface area contributed by atoms with Crippen molar-refractivity contribution in [1.29, 1.82) is 0 Å². The third-order valence-corrected chi connectivity index (χ3v) is 6.30. The molecule has 2 saturated heterocycles. The maximum absolute atomic E-state index is 13.1. The Hall–Kier alpha value is -2.87. The van der Waals surface area contributed by atoms with Crippen LogP contribution in [0.2, 0.25) is 5.02 Å². The van der Waals surface area contributed by atoms with Crippen molar-refractivity contribution in [3.8, 4) is 5.75 Å². The van der Waals surface area contributed by atoms with Crippen LogP contribution in [-0.4, -0.2) is 73.1 Å². The van der Waals surface area contributed by atoms with E-state index >= 15 is 0 Å². The van der Waals surface area contributed by atoms with E-state index in [1.807, 2.05) is 12.1 Å². The van der Waals surface area contributed by atoms with Gasteiger partial charge in [-0.15, -0.1) is 0 Å². The van der Waals surface area contributed by atoms with E-state index in [1.165, 1.54) is 0 Å². The SMILES string of the molecule is COc1cccc([C@H]2/C(=C(\O)c3ccc(Cl)cc3)C(=O)C(=O)N2CCCN2CCOCC2)c1. The molecule has 2 aliphatic heterocycles. The van der Waals surface area contributed by atoms with Crippen molar-refractivity contribution in [2.24, 2.45) is 0 Å². The second kappa shape index (κ2) is 10.4. The van der Waals surface area contributed by atoms with Crippen LogP contribution in [0.25, 0.3) is 5.76 Å². The largest absolute Gasteiger partial charge is 0.507 e. The molecule has 2 aromatic carbocycles. The number of morpholine rings is 1. The van der Waals surface area contributed by atoms with Gasteiger partial charge in [0.15, 0.2) is 0 Å². The van der Waals surface area contributed by atoms with Crippen molar-refractivity contribution in [2.75, 3.05) is 46.5 Å². The molecule has 8 heteroatoms. The lowest BCUT2D eigenvalue weighted by molar-refractivity contribution is -0.140. The fraction of sp³-hybridized carbons (Fsp3) is 0.360. The topological polar surface area (TPSA) is 79.3 Å². The van der Waals surface area contributed by atoms with Gasteiger partial charge in [-0.3, -0.25) is 14.5 Å². The van der Waals surface area contributed by atoms with Crippen molar-refractivity contribution in [3.05, 3.63) is 70.3 Å². The van der Waals surface area contributed by atoms with E-state index in [-0.39, 0.29) is 11.3 Å². The lowest BCUT2D eigenvalue weighted by Crippen LogP contribution is -2.38. The van der Waals surface area contributed by atoms with E-state index in [0.29, 0.717) is 48.1 Å². The molecule has 0 aliphatic carbocycles. The molecule has 1 amide bonds. The maximum atomic E-state index is 13.1. The molecule has 2 heterocycles. The van der Waals surface area contributed by atoms with E-state index in [9.17, 15) is 14.7 Å². The molecule has 1 N–H and O–H groups in total. The van der Waals surface area contributed by atoms with Crippen LogP contribution in [0.15, 0.2) is 54.1 Å². The molecule has 0 aromatic heterocycles. The molecular weight excluding hydrogens is 444 g/mol. The van der Waals surface area contributed by atoms with Gasteiger partial charge in [-0.1, -0.05) is 23.7 Å². The Morgan fingerprint density at radius 3 is 2.55 bits per heavy atom. The van der Waals surface area contributed by atoms with E-state index in [4.69, 9.17) is 21.1 Å². The first-order chi connectivity index (χ1) is 16.0. The average Bonchev–Trinajstić information content (AvgIpc) is 3.10. The van der Waals surface area contributed by atoms with Crippen molar-refractivity contribution in [3.63, 3.8) is 0 Å². The Labute approximate surface area is 198 Å². The van der Waals surface area contributed by atoms with E-state index in [0.717, 1.165) is 19.6 Å². The summed E-state index contributed by atoms with van der Waals surface area (Å²) in [6.07, 6.45) is 0.703. The minimum Gasteiger partial charge on any atom is -0.507 e. The number of Topliss-reactive ketones (excluding diaryl/α,β-unsaturated/α-hetero) is 1. The van der Waals surface area contributed by atoms with Gasteiger partial charge in [0, 0.05) is 36.8 Å². The number of hydrogen-bond acceptors (Lipinski definition) is 6. The Morgan fingerprint density at radius 1 is 1.12 bits per heavy atom. The first kappa shape index (κ1) is 23.3. The number of nitrogens with zero attached hydrogens (tertiary/aromatic N) is 2. The zero-order chi connectivity index (χ0) is 23.4. The predicted octanol–water partition coefficient (Wildman–Crippen LogP) is 3.49. The molecule has 1 atom stereocenters. The number of ketones is 1. The van der Waals surface area contributed by atoms with Crippen molar-refractivity contribution in [1.82, 2.24) is 9.80 Å². The van der Waals surface area contributed by atoms with Crippen LogP contribution in [-0.2, 0) is 14.3 Å². The number of amides is 1. The van der Waals surface area contributed by atoms with Crippen LogP contribution in [0, 0.1) is 0 Å². The van der Waals surface area contributed by atoms with Gasteiger partial charge in [0.1, 0.15) is 11.5 Å². The highest BCUT2D eigenvalue weighted by Crippen LogP contribution is 2.40. The Kier molecular flexibility index (Phi) is 7.33. The molecule has 0 bridgehead atoms. The summed E-state index contributed by atoms with van der Waals surface area (Å²) in [5, 5.41) is 11.6. The van der Waals surface area contributed by atoms with Gasteiger partial charge in [0.05, 0.1) is 31.9 Å². The smallest absolute Gasteiger partial charge is 0.295 e. The molecule has 0 unspecified atom stereocenters. The third kappa shape index (κ3) is 5.05. The zero-order valence-corrected chi connectivity index (χ0v) is 19.3. The number of halogens is 1. The zero-order valence-electron chi connectivity index (χ0n) is 18.5. The predicted molar refractivity (Wildman–Crippen MR) is 125 cm³/mol. The molecule has 0 radical (unpaired) electrons. The normalized spacial score (nSPS) is 20.9. The molecule has 0 spiro atoms. The highest BCUT2D eigenvalue weighted by Gasteiger charge is 2.45. The second-order valence-corrected chi connectivity index (χ2v) is 8.52. The fourth-order valence-electron chi connectivity index (χ4n) is 4.32. The van der Waals surface area contributed by atoms with Gasteiger partial charge < -0.3 is 19.5 Å². The highest BCUT2D eigenvalue weighted by atomic mass is 35.5. The molecule has 4 rings (SSSR count). The summed E-state index contributed by atoms with van der Waals surface area (Å²) in [7, 11) is 1.56. The number of ether oxygens (including phenoxy) is 2. The fourth-order valence-corrected chi connectivity index (χ4v) is 4.45. The molecule has 33 heavy (non-hydrogen) atoms. The van der Waals surface area contributed by atoms with E-state index < -0.39 is 17.7 Å². The molecule has 0 saturated carbocycles. The van der Waals surface area contributed by atoms with Gasteiger partial charge in [-0.25, -0.2) is 0 Å². The first-order valence-electron chi connectivity index (χ1n) is 11.0. The molecule has 2 aromatic rings. The second-order valence-electron chi connectivity index (χ2n) is 8.08. The van der Waals surface area contributed by atoms with Gasteiger partial charge in [0.2, 0.25) is 0 Å². The number of likely N-dealkylation sites (tertiary alicyclic amines) is 1. The summed E-state index contributed by atoms with van der Waals surface area (Å²) in [4.78, 5) is 30.0. The third-order valence-electron chi connectivity index (χ3n) is 6.04. The number of aliphatic hydroxyl groups is 1. The Balaban J connectivity index is 1.68. The lowest BCUT2D eigenvalue weighted by atomic mass is 9.95. The molecule has 174 valence electrons. The molecule has 2 fully saturated rings. The van der Waals surface area contributed by atoms with Crippen molar-refractivity contribution >= 4 is 29.1 Å². The molecule has 7 nitrogen and oxygen atoms in total. The minimum absolute atomic E-state index is 0.0712. The average molecular weight is 471 g/mol. The summed E-state index contributed by atoms with van der Waals surface area (Å²) in [6.45, 7) is 4.31. The van der Waals surface area contributed by atoms with Gasteiger partial charge in [0.25, 0.3) is 11.7 Å². The van der Waals surface area contributed by atoms with Gasteiger partial charge in [-0.2, -0.15) is 0 Å². The standard InChI is InChI=1S/C25H27ClN2O5/c1-32-20-5-2-4-18(16-20)22-21(23(29)17-6-8-19(26)9-7-17)24(30)25(31)28(22)11-3-10-27-12-14-33-15-13-27/h2,4-9,16,22,29H,3,10-15H2,1H3/b23-21+/t22-/m0/s1. The minimum atomic E-state index is -0.708. The van der Waals surface area contributed by atoms with Crippen LogP contribution in [0.1, 0.15) is 23.6 Å². The number of benzene rings is 2. The van der Waals surface area contributed by atoms with Gasteiger partial charge >= 0.3 is 0 Å². The summed E-state index contributed by atoms with van der Waals surface area (Å²) in [5.41, 5.74) is 1.20. The summed E-state index contributed by atoms with van der Waals surface area (Å²) in [6, 6.07) is 13.1. The van der Waals surface area contributed by atoms with Crippen LogP contribution in [0.5, 0.6) is 5.75 Å². The van der Waals surface area contributed by atoms with Crippen LogP contribution in [0.3, 0.4) is 0 Å². The number of rotatable bonds is 7. The van der Waals surface area contributed by atoms with Crippen molar-refractivity contribution in [2.45, 2.75) is 12.5 Å². The summed E-state index contributed by atoms with van der Waals surface area (Å²) < 4.78 is 10.7. The summed E-state index contributed by atoms with van der Waals surface area (Å²) in [5.74, 6) is -0.909. The van der Waals surface area contributed by atoms with Crippen LogP contribution >= 0.6 is 11.6 Å². The number of aliphatic hydroxyl groups excluding tert-OH is 1. The Bertz CT molecular complexity index is 1050. The number of hydrogen-bond donors (Lipinski definition) is 1. The lowest BCUT2D eigenvalue weighted by Gasteiger charge is -2.29. The molecular formula is C25H27ClN2O5. The van der Waals surface area contributed by atoms with Gasteiger partial charge in [-0.05, 0) is 48.4 Å². The number of carbonyl (C=O) groups is 2. The quantitative estimate of drug-likeness (QED) is 0.379. The maximum Gasteiger partial charge on any atom is 0.295 e. The summed E-state index contributed by atoms with van der Waals surface area (Å²) >= 11 is 5.98. The molecule has 2 aliphatic rings. The monoisotopic (exact) mass is 470 g/mol. The Morgan fingerprint density at radius 2 is 1.85 bits per heavy atom. The van der Waals surface area contributed by atoms with Crippen LogP contribution < -0.4 is 4.74 Å². The van der Waals surface area contributed by atoms with E-state index in [2.05, 4.69) is 4.90 Å².